The van der Waals surface area contributed by atoms with E-state index in [2.05, 4.69) is 5.32 Å². The molecule has 0 heterocycles. The van der Waals surface area contributed by atoms with Crippen LogP contribution in [-0.4, -0.2) is 5.91 Å². The van der Waals surface area contributed by atoms with Gasteiger partial charge in [-0.2, -0.15) is 0 Å². The van der Waals surface area contributed by atoms with E-state index in [1.807, 2.05) is 26.0 Å². The first-order chi connectivity index (χ1) is 7.08. The normalized spacial score (nSPS) is 15.1. The Morgan fingerprint density at radius 3 is 2.60 bits per heavy atom. The summed E-state index contributed by atoms with van der Waals surface area (Å²) in [4.78, 5) is 11.6. The van der Waals surface area contributed by atoms with E-state index in [0.717, 1.165) is 35.3 Å². The van der Waals surface area contributed by atoms with Gasteiger partial charge in [-0.1, -0.05) is 0 Å². The Labute approximate surface area is 89.7 Å². The highest BCUT2D eigenvalue weighted by atomic mass is 16.2. The van der Waals surface area contributed by atoms with Gasteiger partial charge in [-0.15, -0.1) is 0 Å². The van der Waals surface area contributed by atoms with Crippen LogP contribution in [0, 0.1) is 19.8 Å². The molecule has 3 nitrogen and oxygen atoms in total. The van der Waals surface area contributed by atoms with Gasteiger partial charge in [-0.3, -0.25) is 4.79 Å². The zero-order chi connectivity index (χ0) is 11.0. The molecule has 0 unspecified atom stereocenters. The van der Waals surface area contributed by atoms with Gasteiger partial charge < -0.3 is 11.1 Å². The van der Waals surface area contributed by atoms with Crippen molar-refractivity contribution in [3.8, 4) is 0 Å². The van der Waals surface area contributed by atoms with Gasteiger partial charge in [-0.05, 0) is 49.9 Å². The van der Waals surface area contributed by atoms with E-state index < -0.39 is 0 Å². The van der Waals surface area contributed by atoms with Gasteiger partial charge in [0.25, 0.3) is 0 Å². The fourth-order valence-electron chi connectivity index (χ4n) is 1.55. The first kappa shape index (κ1) is 10.0. The molecule has 15 heavy (non-hydrogen) atoms. The molecule has 1 amide bonds. The maximum atomic E-state index is 11.6. The van der Waals surface area contributed by atoms with Crippen LogP contribution in [0.2, 0.25) is 0 Å². The van der Waals surface area contributed by atoms with Crippen molar-refractivity contribution in [2.24, 2.45) is 5.92 Å². The van der Waals surface area contributed by atoms with Crippen molar-refractivity contribution < 1.29 is 4.79 Å². The molecule has 80 valence electrons. The van der Waals surface area contributed by atoms with Gasteiger partial charge in [0, 0.05) is 17.3 Å². The van der Waals surface area contributed by atoms with E-state index in [-0.39, 0.29) is 11.8 Å². The molecule has 3 heteroatoms. The van der Waals surface area contributed by atoms with E-state index in [1.54, 1.807) is 0 Å². The molecule has 1 fully saturated rings. The number of anilines is 2. The van der Waals surface area contributed by atoms with Gasteiger partial charge >= 0.3 is 0 Å². The van der Waals surface area contributed by atoms with Crippen molar-refractivity contribution in [1.82, 2.24) is 0 Å². The zero-order valence-electron chi connectivity index (χ0n) is 9.13. The second-order valence-electron chi connectivity index (χ2n) is 4.29. The minimum Gasteiger partial charge on any atom is -0.399 e. The van der Waals surface area contributed by atoms with Crippen molar-refractivity contribution in [2.75, 3.05) is 11.1 Å². The van der Waals surface area contributed by atoms with Crippen molar-refractivity contribution in [3.05, 3.63) is 23.3 Å². The predicted molar refractivity (Wildman–Crippen MR) is 61.7 cm³/mol. The maximum absolute atomic E-state index is 11.6. The number of nitrogens with two attached hydrogens (primary N) is 1. The number of rotatable bonds is 2. The third kappa shape index (κ3) is 2.12. The molecule has 3 N–H and O–H groups in total. The quantitative estimate of drug-likeness (QED) is 0.726. The summed E-state index contributed by atoms with van der Waals surface area (Å²) < 4.78 is 0. The Kier molecular flexibility index (Phi) is 2.39. The van der Waals surface area contributed by atoms with Crippen molar-refractivity contribution >= 4 is 17.3 Å². The summed E-state index contributed by atoms with van der Waals surface area (Å²) in [5.41, 5.74) is 9.47. The SMILES string of the molecule is Cc1cc(NC(=O)C2CC2)c(C)cc1N. The summed E-state index contributed by atoms with van der Waals surface area (Å²) in [5.74, 6) is 0.379. The first-order valence-corrected chi connectivity index (χ1v) is 5.25. The highest BCUT2D eigenvalue weighted by molar-refractivity contribution is 5.95. The molecular weight excluding hydrogens is 188 g/mol. The summed E-state index contributed by atoms with van der Waals surface area (Å²) in [6.45, 7) is 3.90. The predicted octanol–water partition coefficient (Wildman–Crippen LogP) is 2.23. The number of benzene rings is 1. The van der Waals surface area contributed by atoms with Crippen molar-refractivity contribution in [1.29, 1.82) is 0 Å². The molecule has 2 rings (SSSR count). The highest BCUT2D eigenvalue weighted by Crippen LogP contribution is 2.31. The van der Waals surface area contributed by atoms with Crippen LogP contribution in [0.15, 0.2) is 12.1 Å². The third-order valence-electron chi connectivity index (χ3n) is 2.82. The van der Waals surface area contributed by atoms with Crippen LogP contribution in [0.5, 0.6) is 0 Å². The van der Waals surface area contributed by atoms with Gasteiger partial charge in [0.15, 0.2) is 0 Å². The maximum Gasteiger partial charge on any atom is 0.227 e. The van der Waals surface area contributed by atoms with Crippen LogP contribution in [0.1, 0.15) is 24.0 Å². The molecule has 0 atom stereocenters. The smallest absolute Gasteiger partial charge is 0.227 e. The van der Waals surface area contributed by atoms with Gasteiger partial charge in [0.1, 0.15) is 0 Å². The lowest BCUT2D eigenvalue weighted by molar-refractivity contribution is -0.117. The molecule has 0 aliphatic heterocycles. The lowest BCUT2D eigenvalue weighted by Gasteiger charge is -2.10. The fourth-order valence-corrected chi connectivity index (χ4v) is 1.55. The second kappa shape index (κ2) is 3.57. The minimum atomic E-state index is 0.141. The molecule has 0 radical (unpaired) electrons. The highest BCUT2D eigenvalue weighted by Gasteiger charge is 2.29. The summed E-state index contributed by atoms with van der Waals surface area (Å²) >= 11 is 0. The largest absolute Gasteiger partial charge is 0.399 e. The van der Waals surface area contributed by atoms with E-state index in [1.165, 1.54) is 0 Å². The number of aryl methyl sites for hydroxylation is 2. The van der Waals surface area contributed by atoms with Crippen LogP contribution >= 0.6 is 0 Å². The lowest BCUT2D eigenvalue weighted by atomic mass is 10.1. The Morgan fingerprint density at radius 1 is 1.33 bits per heavy atom. The summed E-state index contributed by atoms with van der Waals surface area (Å²) in [7, 11) is 0. The van der Waals surface area contributed by atoms with Crippen LogP contribution < -0.4 is 11.1 Å². The number of carbonyl (C=O) groups excluding carboxylic acids is 1. The van der Waals surface area contributed by atoms with E-state index in [9.17, 15) is 4.79 Å². The molecule has 1 aromatic rings. The van der Waals surface area contributed by atoms with Crippen LogP contribution in [0.25, 0.3) is 0 Å². The Morgan fingerprint density at radius 2 is 2.00 bits per heavy atom. The monoisotopic (exact) mass is 204 g/mol. The molecule has 0 saturated heterocycles. The average Bonchev–Trinajstić information content (AvgIpc) is 2.97. The molecule has 0 aromatic heterocycles. The number of hydrogen-bond donors (Lipinski definition) is 2. The third-order valence-corrected chi connectivity index (χ3v) is 2.82. The molecule has 1 aliphatic rings. The lowest BCUT2D eigenvalue weighted by Crippen LogP contribution is -2.14. The number of carbonyl (C=O) groups is 1. The Bertz CT molecular complexity index is 408. The van der Waals surface area contributed by atoms with E-state index >= 15 is 0 Å². The number of nitrogens with one attached hydrogen (secondary N) is 1. The molecule has 1 saturated carbocycles. The Balaban J connectivity index is 2.20. The topological polar surface area (TPSA) is 55.1 Å². The van der Waals surface area contributed by atoms with Crippen LogP contribution in [0.4, 0.5) is 11.4 Å². The number of nitrogen functional groups attached to an aromatic ring is 1. The fraction of sp³-hybridized carbons (Fsp3) is 0.417. The summed E-state index contributed by atoms with van der Waals surface area (Å²) in [5, 5.41) is 2.95. The summed E-state index contributed by atoms with van der Waals surface area (Å²) in [6, 6.07) is 3.84. The van der Waals surface area contributed by atoms with Gasteiger partial charge in [0.05, 0.1) is 0 Å². The number of amides is 1. The van der Waals surface area contributed by atoms with Gasteiger partial charge in [0.2, 0.25) is 5.91 Å². The molecule has 1 aromatic carbocycles. The minimum absolute atomic E-state index is 0.141. The molecule has 0 spiro atoms. The second-order valence-corrected chi connectivity index (χ2v) is 4.29. The van der Waals surface area contributed by atoms with E-state index in [4.69, 9.17) is 5.73 Å². The Hall–Kier alpha value is -1.51. The first-order valence-electron chi connectivity index (χ1n) is 5.25. The van der Waals surface area contributed by atoms with Crippen molar-refractivity contribution in [3.63, 3.8) is 0 Å². The van der Waals surface area contributed by atoms with Gasteiger partial charge in [-0.25, -0.2) is 0 Å². The van der Waals surface area contributed by atoms with E-state index in [0.29, 0.717) is 0 Å². The van der Waals surface area contributed by atoms with Crippen LogP contribution in [0.3, 0.4) is 0 Å². The van der Waals surface area contributed by atoms with Crippen LogP contribution in [-0.2, 0) is 4.79 Å². The number of hydrogen-bond acceptors (Lipinski definition) is 2. The molecular formula is C12H16N2O. The molecule has 0 bridgehead atoms. The average molecular weight is 204 g/mol. The van der Waals surface area contributed by atoms with Crippen molar-refractivity contribution in [2.45, 2.75) is 26.7 Å². The standard InChI is InChI=1S/C12H16N2O/c1-7-6-11(8(2)5-10(7)13)14-12(15)9-3-4-9/h5-6,9H,3-4,13H2,1-2H3,(H,14,15). The summed E-state index contributed by atoms with van der Waals surface area (Å²) in [6.07, 6.45) is 2.05. The zero-order valence-corrected chi connectivity index (χ0v) is 9.13. The molecule has 1 aliphatic carbocycles.